The molecule has 0 saturated heterocycles. The monoisotopic (exact) mass is 338 g/mol. The molecule has 2 aromatic rings. The van der Waals surface area contributed by atoms with E-state index in [1.165, 1.54) is 11.3 Å². The first-order valence-corrected chi connectivity index (χ1v) is 8.99. The zero-order chi connectivity index (χ0) is 16.1. The Bertz CT molecular complexity index is 685. The lowest BCUT2D eigenvalue weighted by atomic mass is 10.3. The number of hydrogen-bond acceptors (Lipinski definition) is 5. The number of carbonyl (C=O) groups excluding carboxylic acids is 1. The third-order valence-electron chi connectivity index (χ3n) is 2.78. The second-order valence-electron chi connectivity index (χ2n) is 4.81. The Morgan fingerprint density at radius 3 is 2.82 bits per heavy atom. The SMILES string of the molecule is CN(C)c1nc(CNC(=O)Nc2cccc([S@@](C)=O)c2)cs1. The molecule has 0 fully saturated rings. The fourth-order valence-corrected chi connectivity index (χ4v) is 3.00. The molecule has 1 heterocycles. The normalized spacial score (nSPS) is 11.8. The molecule has 0 aliphatic carbocycles. The van der Waals surface area contributed by atoms with Crippen LogP contribution in [0.5, 0.6) is 0 Å². The molecule has 0 saturated carbocycles. The first-order chi connectivity index (χ1) is 10.5. The molecule has 1 aromatic carbocycles. The van der Waals surface area contributed by atoms with Crippen LogP contribution in [0.2, 0.25) is 0 Å². The number of nitrogens with zero attached hydrogens (tertiary/aromatic N) is 2. The van der Waals surface area contributed by atoms with Crippen LogP contribution in [0.15, 0.2) is 34.5 Å². The molecule has 22 heavy (non-hydrogen) atoms. The van der Waals surface area contributed by atoms with Crippen molar-refractivity contribution in [2.45, 2.75) is 11.4 Å². The molecule has 1 atom stereocenters. The van der Waals surface area contributed by atoms with E-state index in [9.17, 15) is 9.00 Å². The molecule has 2 rings (SSSR count). The van der Waals surface area contributed by atoms with E-state index in [2.05, 4.69) is 15.6 Å². The Hall–Kier alpha value is -1.93. The van der Waals surface area contributed by atoms with Crippen LogP contribution in [0.1, 0.15) is 5.69 Å². The van der Waals surface area contributed by atoms with Gasteiger partial charge in [-0.15, -0.1) is 11.3 Å². The zero-order valence-corrected chi connectivity index (χ0v) is 14.3. The standard InChI is InChI=1S/C14H18N4O2S2/c1-18(2)14-17-11(9-21-14)8-15-13(19)16-10-5-4-6-12(7-10)22(3)20/h4-7,9H,8H2,1-3H3,(H2,15,16,19)/t22-/m1/s1. The minimum absolute atomic E-state index is 0.321. The van der Waals surface area contributed by atoms with E-state index in [1.807, 2.05) is 24.4 Å². The minimum atomic E-state index is -1.07. The molecular formula is C14H18N4O2S2. The van der Waals surface area contributed by atoms with E-state index in [4.69, 9.17) is 0 Å². The van der Waals surface area contributed by atoms with Gasteiger partial charge in [0.25, 0.3) is 0 Å². The quantitative estimate of drug-likeness (QED) is 0.877. The average Bonchev–Trinajstić information content (AvgIpc) is 2.94. The van der Waals surface area contributed by atoms with Crippen LogP contribution in [0.25, 0.3) is 0 Å². The van der Waals surface area contributed by atoms with E-state index in [-0.39, 0.29) is 6.03 Å². The highest BCUT2D eigenvalue weighted by atomic mass is 32.2. The van der Waals surface area contributed by atoms with Crippen molar-refractivity contribution >= 4 is 39.0 Å². The Balaban J connectivity index is 1.90. The van der Waals surface area contributed by atoms with Gasteiger partial charge in [-0.2, -0.15) is 0 Å². The molecular weight excluding hydrogens is 320 g/mol. The van der Waals surface area contributed by atoms with Gasteiger partial charge in [-0.25, -0.2) is 9.78 Å². The summed E-state index contributed by atoms with van der Waals surface area (Å²) in [7, 11) is 2.77. The lowest BCUT2D eigenvalue weighted by molar-refractivity contribution is 0.251. The van der Waals surface area contributed by atoms with Gasteiger partial charge in [0.1, 0.15) is 0 Å². The van der Waals surface area contributed by atoms with E-state index in [0.29, 0.717) is 17.1 Å². The average molecular weight is 338 g/mol. The molecule has 0 aliphatic heterocycles. The molecule has 0 aliphatic rings. The number of benzene rings is 1. The molecule has 0 spiro atoms. The number of carbonyl (C=O) groups is 1. The van der Waals surface area contributed by atoms with Gasteiger partial charge in [0, 0.05) is 47.1 Å². The maximum absolute atomic E-state index is 11.9. The molecule has 2 N–H and O–H groups in total. The highest BCUT2D eigenvalue weighted by Gasteiger charge is 2.07. The Morgan fingerprint density at radius 1 is 1.41 bits per heavy atom. The predicted molar refractivity (Wildman–Crippen MR) is 91.1 cm³/mol. The summed E-state index contributed by atoms with van der Waals surface area (Å²) in [6, 6.07) is 6.65. The molecule has 1 aromatic heterocycles. The maximum atomic E-state index is 11.9. The lowest BCUT2D eigenvalue weighted by Gasteiger charge is -2.08. The summed E-state index contributed by atoms with van der Waals surface area (Å²) in [6.45, 7) is 0.357. The first kappa shape index (κ1) is 16.4. The van der Waals surface area contributed by atoms with Crippen molar-refractivity contribution in [3.8, 4) is 0 Å². The first-order valence-electron chi connectivity index (χ1n) is 6.56. The van der Waals surface area contributed by atoms with Crippen molar-refractivity contribution in [2.24, 2.45) is 0 Å². The second-order valence-corrected chi connectivity index (χ2v) is 7.02. The fourth-order valence-electron chi connectivity index (χ4n) is 1.68. The summed E-state index contributed by atoms with van der Waals surface area (Å²) in [5, 5.41) is 8.28. The van der Waals surface area contributed by atoms with Crippen LogP contribution in [0.4, 0.5) is 15.6 Å². The largest absolute Gasteiger partial charge is 0.354 e. The van der Waals surface area contributed by atoms with Crippen molar-refractivity contribution in [3.63, 3.8) is 0 Å². The number of thiazole rings is 1. The molecule has 6 nitrogen and oxygen atoms in total. The van der Waals surface area contributed by atoms with Gasteiger partial charge in [-0.1, -0.05) is 6.07 Å². The number of nitrogens with one attached hydrogen (secondary N) is 2. The van der Waals surface area contributed by atoms with Crippen LogP contribution >= 0.6 is 11.3 Å². The topological polar surface area (TPSA) is 74.3 Å². The number of hydrogen-bond donors (Lipinski definition) is 2. The smallest absolute Gasteiger partial charge is 0.319 e. The van der Waals surface area contributed by atoms with E-state index >= 15 is 0 Å². The van der Waals surface area contributed by atoms with E-state index in [1.54, 1.807) is 30.5 Å². The highest BCUT2D eigenvalue weighted by molar-refractivity contribution is 7.84. The predicted octanol–water partition coefficient (Wildman–Crippen LogP) is 2.27. The Morgan fingerprint density at radius 2 is 2.18 bits per heavy atom. The summed E-state index contributed by atoms with van der Waals surface area (Å²) in [4.78, 5) is 18.9. The van der Waals surface area contributed by atoms with Gasteiger partial charge in [-0.05, 0) is 18.2 Å². The molecule has 0 unspecified atom stereocenters. The van der Waals surface area contributed by atoms with Crippen LogP contribution in [0.3, 0.4) is 0 Å². The molecule has 0 radical (unpaired) electrons. The van der Waals surface area contributed by atoms with E-state index < -0.39 is 10.8 Å². The second kappa shape index (κ2) is 7.37. The van der Waals surface area contributed by atoms with Gasteiger partial charge < -0.3 is 15.5 Å². The Labute approximate surface area is 136 Å². The third kappa shape index (κ3) is 4.54. The summed E-state index contributed by atoms with van der Waals surface area (Å²) in [5.41, 5.74) is 1.42. The van der Waals surface area contributed by atoms with Crippen molar-refractivity contribution in [1.29, 1.82) is 0 Å². The van der Waals surface area contributed by atoms with Crippen LogP contribution < -0.4 is 15.5 Å². The number of amides is 2. The van der Waals surface area contributed by atoms with Crippen molar-refractivity contribution < 1.29 is 9.00 Å². The molecule has 0 bridgehead atoms. The van der Waals surface area contributed by atoms with Gasteiger partial charge >= 0.3 is 6.03 Å². The number of rotatable bonds is 5. The van der Waals surface area contributed by atoms with Crippen LogP contribution in [-0.2, 0) is 17.3 Å². The Kier molecular flexibility index (Phi) is 5.51. The lowest BCUT2D eigenvalue weighted by Crippen LogP contribution is -2.28. The minimum Gasteiger partial charge on any atom is -0.354 e. The molecule has 2 amide bonds. The summed E-state index contributed by atoms with van der Waals surface area (Å²) in [5.74, 6) is 0. The maximum Gasteiger partial charge on any atom is 0.319 e. The fraction of sp³-hybridized carbons (Fsp3) is 0.286. The highest BCUT2D eigenvalue weighted by Crippen LogP contribution is 2.17. The van der Waals surface area contributed by atoms with Crippen molar-refractivity contribution in [3.05, 3.63) is 35.3 Å². The van der Waals surface area contributed by atoms with Gasteiger partial charge in [0.2, 0.25) is 0 Å². The van der Waals surface area contributed by atoms with Gasteiger partial charge in [0.15, 0.2) is 5.13 Å². The van der Waals surface area contributed by atoms with Crippen molar-refractivity contribution in [2.75, 3.05) is 30.6 Å². The van der Waals surface area contributed by atoms with Crippen LogP contribution in [-0.4, -0.2) is 35.6 Å². The van der Waals surface area contributed by atoms with Gasteiger partial charge in [-0.3, -0.25) is 4.21 Å². The van der Waals surface area contributed by atoms with Crippen molar-refractivity contribution in [1.82, 2.24) is 10.3 Å². The zero-order valence-electron chi connectivity index (χ0n) is 12.6. The molecule has 118 valence electrons. The summed E-state index contributed by atoms with van der Waals surface area (Å²) < 4.78 is 11.4. The van der Waals surface area contributed by atoms with Gasteiger partial charge in [0.05, 0.1) is 12.2 Å². The number of anilines is 2. The van der Waals surface area contributed by atoms with E-state index in [0.717, 1.165) is 10.8 Å². The summed E-state index contributed by atoms with van der Waals surface area (Å²) in [6.07, 6.45) is 1.60. The number of urea groups is 1. The molecule has 8 heteroatoms. The third-order valence-corrected chi connectivity index (χ3v) is 4.75. The summed E-state index contributed by atoms with van der Waals surface area (Å²) >= 11 is 1.53. The number of aromatic nitrogens is 1. The van der Waals surface area contributed by atoms with Crippen LogP contribution in [0, 0.1) is 0 Å².